The Morgan fingerprint density at radius 2 is 1.45 bits per heavy atom. The zero-order chi connectivity index (χ0) is 20.7. The molecule has 0 aliphatic carbocycles. The van der Waals surface area contributed by atoms with Crippen LogP contribution < -0.4 is 9.47 Å². The molecule has 0 saturated heterocycles. The molecule has 4 heteroatoms. The third kappa shape index (κ3) is 6.11. The second-order valence-electron chi connectivity index (χ2n) is 7.48. The Morgan fingerprint density at radius 3 is 2.14 bits per heavy atom. The fraction of sp³-hybridized carbons (Fsp3) is 0.240. The minimum Gasteiger partial charge on any atom is -0.489 e. The van der Waals surface area contributed by atoms with Gasteiger partial charge in [-0.2, -0.15) is 0 Å². The van der Waals surface area contributed by atoms with Gasteiger partial charge in [0.15, 0.2) is 5.60 Å². The molecule has 1 N–H and O–H groups in total. The Kier molecular flexibility index (Phi) is 6.55. The van der Waals surface area contributed by atoms with Crippen molar-refractivity contribution in [3.05, 3.63) is 95.6 Å². The predicted octanol–water partition coefficient (Wildman–Crippen LogP) is 5.29. The van der Waals surface area contributed by atoms with Gasteiger partial charge < -0.3 is 14.6 Å². The molecule has 0 bridgehead atoms. The topological polar surface area (TPSA) is 55.8 Å². The van der Waals surface area contributed by atoms with E-state index in [1.807, 2.05) is 60.7 Å². The van der Waals surface area contributed by atoms with Gasteiger partial charge in [-0.15, -0.1) is 0 Å². The van der Waals surface area contributed by atoms with Gasteiger partial charge in [-0.1, -0.05) is 54.6 Å². The van der Waals surface area contributed by atoms with E-state index < -0.39 is 11.6 Å². The lowest BCUT2D eigenvalue weighted by Gasteiger charge is -2.21. The van der Waals surface area contributed by atoms with Crippen molar-refractivity contribution in [2.75, 3.05) is 0 Å². The van der Waals surface area contributed by atoms with Crippen molar-refractivity contribution >= 4 is 5.97 Å². The van der Waals surface area contributed by atoms with Crippen LogP contribution >= 0.6 is 0 Å². The van der Waals surface area contributed by atoms with Gasteiger partial charge in [-0.05, 0) is 67.6 Å². The molecular formula is C25H26O4. The molecule has 4 nitrogen and oxygen atoms in total. The van der Waals surface area contributed by atoms with Crippen molar-refractivity contribution in [3.8, 4) is 11.5 Å². The van der Waals surface area contributed by atoms with Gasteiger partial charge in [0, 0.05) is 0 Å². The van der Waals surface area contributed by atoms with Gasteiger partial charge in [0.2, 0.25) is 0 Å². The van der Waals surface area contributed by atoms with E-state index in [1.54, 1.807) is 19.9 Å². The molecule has 0 aromatic heterocycles. The Balaban J connectivity index is 1.53. The molecule has 0 spiro atoms. The van der Waals surface area contributed by atoms with Crippen LogP contribution in [-0.4, -0.2) is 16.7 Å². The average Bonchev–Trinajstić information content (AvgIpc) is 2.72. The Hall–Kier alpha value is -3.27. The van der Waals surface area contributed by atoms with E-state index >= 15 is 0 Å². The number of hydrogen-bond acceptors (Lipinski definition) is 3. The predicted molar refractivity (Wildman–Crippen MR) is 113 cm³/mol. The smallest absolute Gasteiger partial charge is 0.347 e. The number of aryl methyl sites for hydroxylation is 2. The zero-order valence-electron chi connectivity index (χ0n) is 16.8. The summed E-state index contributed by atoms with van der Waals surface area (Å²) in [4.78, 5) is 11.2. The molecule has 0 atom stereocenters. The molecule has 0 unspecified atom stereocenters. The molecule has 0 heterocycles. The van der Waals surface area contributed by atoms with Crippen molar-refractivity contribution in [3.63, 3.8) is 0 Å². The molecule has 0 radical (unpaired) electrons. The highest BCUT2D eigenvalue weighted by Gasteiger charge is 2.29. The summed E-state index contributed by atoms with van der Waals surface area (Å²) in [7, 11) is 0. The maximum atomic E-state index is 11.2. The summed E-state index contributed by atoms with van der Waals surface area (Å²) in [6.07, 6.45) is 1.72. The molecule has 3 rings (SSSR count). The van der Waals surface area contributed by atoms with E-state index in [0.29, 0.717) is 12.4 Å². The molecule has 0 aliphatic heterocycles. The van der Waals surface area contributed by atoms with E-state index in [-0.39, 0.29) is 0 Å². The van der Waals surface area contributed by atoms with E-state index in [4.69, 9.17) is 9.47 Å². The standard InChI is InChI=1S/C25H26O4/c1-25(2,24(26)27)29-23-10-6-9-20(17-23)12-11-19-13-15-22(16-14-19)28-18-21-7-4-3-5-8-21/h3-10,13-17H,11-12,18H2,1-2H3,(H,26,27). The van der Waals surface area contributed by atoms with E-state index in [1.165, 1.54) is 5.56 Å². The Bertz CT molecular complexity index is 931. The minimum atomic E-state index is -1.26. The van der Waals surface area contributed by atoms with Crippen LogP contribution in [-0.2, 0) is 24.2 Å². The maximum absolute atomic E-state index is 11.2. The molecule has 0 amide bonds. The largest absolute Gasteiger partial charge is 0.489 e. The van der Waals surface area contributed by atoms with Crippen LogP contribution in [0.25, 0.3) is 0 Å². The van der Waals surface area contributed by atoms with Gasteiger partial charge >= 0.3 is 5.97 Å². The number of ether oxygens (including phenoxy) is 2. The van der Waals surface area contributed by atoms with Gasteiger partial charge in [0.25, 0.3) is 0 Å². The summed E-state index contributed by atoms with van der Waals surface area (Å²) in [5.74, 6) is 0.431. The second kappa shape index (κ2) is 9.28. The summed E-state index contributed by atoms with van der Waals surface area (Å²) < 4.78 is 11.4. The molecule has 0 saturated carbocycles. The lowest BCUT2D eigenvalue weighted by atomic mass is 10.0. The summed E-state index contributed by atoms with van der Waals surface area (Å²) >= 11 is 0. The number of benzene rings is 3. The number of rotatable bonds is 9. The monoisotopic (exact) mass is 390 g/mol. The maximum Gasteiger partial charge on any atom is 0.347 e. The first-order valence-corrected chi connectivity index (χ1v) is 9.69. The molecule has 0 aliphatic rings. The Morgan fingerprint density at radius 1 is 0.793 bits per heavy atom. The third-order valence-corrected chi connectivity index (χ3v) is 4.66. The first-order chi connectivity index (χ1) is 13.9. The number of carboxylic acids is 1. The molecule has 29 heavy (non-hydrogen) atoms. The van der Waals surface area contributed by atoms with Crippen molar-refractivity contribution in [2.24, 2.45) is 0 Å². The van der Waals surface area contributed by atoms with Gasteiger partial charge in [0.05, 0.1) is 0 Å². The van der Waals surface area contributed by atoms with Gasteiger partial charge in [0.1, 0.15) is 18.1 Å². The molecule has 150 valence electrons. The van der Waals surface area contributed by atoms with Crippen LogP contribution in [0.5, 0.6) is 11.5 Å². The molecule has 3 aromatic carbocycles. The van der Waals surface area contributed by atoms with Gasteiger partial charge in [-0.3, -0.25) is 0 Å². The average molecular weight is 390 g/mol. The number of hydrogen-bond donors (Lipinski definition) is 1. The zero-order valence-corrected chi connectivity index (χ0v) is 16.8. The van der Waals surface area contributed by atoms with Crippen molar-refractivity contribution in [1.82, 2.24) is 0 Å². The quantitative estimate of drug-likeness (QED) is 0.539. The normalized spacial score (nSPS) is 11.1. The number of carbonyl (C=O) groups is 1. The SMILES string of the molecule is CC(C)(Oc1cccc(CCc2ccc(OCc3ccccc3)cc2)c1)C(=O)O. The highest BCUT2D eigenvalue weighted by molar-refractivity contribution is 5.76. The fourth-order valence-electron chi connectivity index (χ4n) is 2.88. The lowest BCUT2D eigenvalue weighted by molar-refractivity contribution is -0.152. The van der Waals surface area contributed by atoms with Crippen LogP contribution in [0, 0.1) is 0 Å². The highest BCUT2D eigenvalue weighted by Crippen LogP contribution is 2.21. The van der Waals surface area contributed by atoms with Crippen LogP contribution in [0.15, 0.2) is 78.9 Å². The van der Waals surface area contributed by atoms with Crippen molar-refractivity contribution in [2.45, 2.75) is 38.9 Å². The van der Waals surface area contributed by atoms with E-state index in [9.17, 15) is 9.90 Å². The number of aliphatic carboxylic acids is 1. The Labute approximate surface area is 171 Å². The van der Waals surface area contributed by atoms with E-state index in [2.05, 4.69) is 12.1 Å². The summed E-state index contributed by atoms with van der Waals surface area (Å²) in [6, 6.07) is 25.8. The molecule has 3 aromatic rings. The minimum absolute atomic E-state index is 0.555. The fourth-order valence-corrected chi connectivity index (χ4v) is 2.88. The van der Waals surface area contributed by atoms with Crippen molar-refractivity contribution in [1.29, 1.82) is 0 Å². The van der Waals surface area contributed by atoms with Crippen LogP contribution in [0.2, 0.25) is 0 Å². The second-order valence-corrected chi connectivity index (χ2v) is 7.48. The number of carboxylic acid groups (broad SMARTS) is 1. The first-order valence-electron chi connectivity index (χ1n) is 9.69. The van der Waals surface area contributed by atoms with Crippen LogP contribution in [0.3, 0.4) is 0 Å². The first kappa shape index (κ1) is 20.5. The third-order valence-electron chi connectivity index (χ3n) is 4.66. The van der Waals surface area contributed by atoms with Crippen LogP contribution in [0.1, 0.15) is 30.5 Å². The summed E-state index contributed by atoms with van der Waals surface area (Å²) in [6.45, 7) is 3.65. The summed E-state index contributed by atoms with van der Waals surface area (Å²) in [5, 5.41) is 9.21. The van der Waals surface area contributed by atoms with Crippen LogP contribution in [0.4, 0.5) is 0 Å². The lowest BCUT2D eigenvalue weighted by Crippen LogP contribution is -2.37. The molecular weight excluding hydrogens is 364 g/mol. The van der Waals surface area contributed by atoms with Gasteiger partial charge in [-0.25, -0.2) is 4.79 Å². The highest BCUT2D eigenvalue weighted by atomic mass is 16.5. The van der Waals surface area contributed by atoms with Crippen molar-refractivity contribution < 1.29 is 19.4 Å². The summed E-state index contributed by atoms with van der Waals surface area (Å²) in [5.41, 5.74) is 2.21. The van der Waals surface area contributed by atoms with E-state index in [0.717, 1.165) is 29.7 Å². The molecule has 0 fully saturated rings.